The molecule has 146 valence electrons. The molecule has 1 aromatic carbocycles. The third-order valence-corrected chi connectivity index (χ3v) is 4.78. The van der Waals surface area contributed by atoms with Crippen molar-refractivity contribution in [3.8, 4) is 11.5 Å². The predicted octanol–water partition coefficient (Wildman–Crippen LogP) is 4.55. The summed E-state index contributed by atoms with van der Waals surface area (Å²) in [7, 11) is 0. The van der Waals surface area contributed by atoms with Crippen molar-refractivity contribution in [2.45, 2.75) is 59.6 Å². The minimum Gasteiger partial charge on any atom is -0.508 e. The van der Waals surface area contributed by atoms with Crippen LogP contribution in [0.15, 0.2) is 41.3 Å². The molecule has 0 radical (unpaired) electrons. The van der Waals surface area contributed by atoms with Crippen molar-refractivity contribution >= 4 is 5.78 Å². The number of ether oxygens (including phenoxy) is 1. The van der Waals surface area contributed by atoms with Crippen molar-refractivity contribution in [1.29, 1.82) is 0 Å². The number of phenolic OH excluding ortho intramolecular Hbond substituents is 1. The summed E-state index contributed by atoms with van der Waals surface area (Å²) in [4.78, 5) is 24.7. The van der Waals surface area contributed by atoms with Gasteiger partial charge in [0.15, 0.2) is 11.5 Å². The first-order valence-corrected chi connectivity index (χ1v) is 9.61. The van der Waals surface area contributed by atoms with Gasteiger partial charge in [-0.2, -0.15) is 0 Å². The number of aromatic hydroxyl groups is 1. The largest absolute Gasteiger partial charge is 0.508 e. The summed E-state index contributed by atoms with van der Waals surface area (Å²) in [6.45, 7) is 6.64. The van der Waals surface area contributed by atoms with Crippen LogP contribution in [0.5, 0.6) is 11.5 Å². The molecule has 5 heteroatoms. The van der Waals surface area contributed by atoms with E-state index in [0.717, 1.165) is 31.2 Å². The number of carbonyl (C=O) groups is 1. The lowest BCUT2D eigenvalue weighted by atomic mass is 9.99. The quantitative estimate of drug-likeness (QED) is 0.622. The summed E-state index contributed by atoms with van der Waals surface area (Å²) in [6.07, 6.45) is 6.11. The Morgan fingerprint density at radius 2 is 1.89 bits per heavy atom. The van der Waals surface area contributed by atoms with Gasteiger partial charge in [-0.05, 0) is 30.0 Å². The molecule has 0 saturated carbocycles. The number of unbranched alkanes of at least 4 members (excludes halogenated alkanes) is 1. The minimum absolute atomic E-state index is 0.100. The van der Waals surface area contributed by atoms with E-state index in [2.05, 4.69) is 13.8 Å². The zero-order valence-corrected chi connectivity index (χ0v) is 16.4. The van der Waals surface area contributed by atoms with Crippen molar-refractivity contribution in [2.75, 3.05) is 0 Å². The first-order valence-electron chi connectivity index (χ1n) is 9.61. The first-order chi connectivity index (χ1) is 13.0. The Morgan fingerprint density at radius 3 is 2.48 bits per heavy atom. The van der Waals surface area contributed by atoms with E-state index in [4.69, 9.17) is 4.74 Å². The molecule has 27 heavy (non-hydrogen) atoms. The van der Waals surface area contributed by atoms with Crippen LogP contribution in [-0.2, 0) is 13.2 Å². The van der Waals surface area contributed by atoms with Gasteiger partial charge in [-0.1, -0.05) is 45.2 Å². The van der Waals surface area contributed by atoms with E-state index in [1.807, 2.05) is 4.57 Å². The van der Waals surface area contributed by atoms with Gasteiger partial charge in [-0.3, -0.25) is 9.59 Å². The highest BCUT2D eigenvalue weighted by atomic mass is 16.5. The van der Waals surface area contributed by atoms with Gasteiger partial charge in [0.1, 0.15) is 18.1 Å². The number of ketones is 1. The predicted molar refractivity (Wildman–Crippen MR) is 106 cm³/mol. The topological polar surface area (TPSA) is 68.5 Å². The van der Waals surface area contributed by atoms with E-state index >= 15 is 0 Å². The SMILES string of the molecule is CCCCC(CC)Cn1ccc(=O)c(OCc2ccc(O)cc2)c1C(C)=O. The average molecular weight is 371 g/mol. The minimum atomic E-state index is -0.295. The molecule has 1 N–H and O–H groups in total. The first kappa shape index (κ1) is 20.7. The number of nitrogens with zero attached hydrogens (tertiary/aromatic N) is 1. The highest BCUT2D eigenvalue weighted by Gasteiger charge is 2.19. The standard InChI is InChI=1S/C22H29NO4/c1-4-6-7-17(5-2)14-23-13-12-20(26)22(21(23)16(3)24)27-15-18-8-10-19(25)11-9-18/h8-13,17,25H,4-7,14-15H2,1-3H3. The monoisotopic (exact) mass is 371 g/mol. The van der Waals surface area contributed by atoms with E-state index in [0.29, 0.717) is 18.2 Å². The molecule has 0 amide bonds. The van der Waals surface area contributed by atoms with E-state index in [1.54, 1.807) is 30.5 Å². The summed E-state index contributed by atoms with van der Waals surface area (Å²) in [6, 6.07) is 8.04. The summed E-state index contributed by atoms with van der Waals surface area (Å²) >= 11 is 0. The van der Waals surface area contributed by atoms with Gasteiger partial charge < -0.3 is 14.4 Å². The molecule has 5 nitrogen and oxygen atoms in total. The van der Waals surface area contributed by atoms with Crippen LogP contribution in [-0.4, -0.2) is 15.5 Å². The lowest BCUT2D eigenvalue weighted by Crippen LogP contribution is -2.22. The summed E-state index contributed by atoms with van der Waals surface area (Å²) in [5, 5.41) is 9.37. The molecule has 0 aliphatic rings. The third-order valence-electron chi connectivity index (χ3n) is 4.78. The van der Waals surface area contributed by atoms with E-state index in [1.165, 1.54) is 13.0 Å². The molecular weight excluding hydrogens is 342 g/mol. The zero-order chi connectivity index (χ0) is 19.8. The van der Waals surface area contributed by atoms with Crippen LogP contribution in [0.3, 0.4) is 0 Å². The molecule has 2 rings (SSSR count). The number of pyridine rings is 1. The molecule has 0 saturated heterocycles. The highest BCUT2D eigenvalue weighted by Crippen LogP contribution is 2.21. The van der Waals surface area contributed by atoms with Gasteiger partial charge in [0.2, 0.25) is 5.43 Å². The number of hydrogen-bond donors (Lipinski definition) is 1. The molecule has 1 heterocycles. The number of hydrogen-bond acceptors (Lipinski definition) is 4. The maximum Gasteiger partial charge on any atom is 0.224 e. The Kier molecular flexibility index (Phi) is 7.65. The molecule has 0 spiro atoms. The third kappa shape index (κ3) is 5.71. The van der Waals surface area contributed by atoms with Crippen LogP contribution in [0.4, 0.5) is 0 Å². The fourth-order valence-corrected chi connectivity index (χ4v) is 3.15. The number of benzene rings is 1. The second kappa shape index (κ2) is 9.95. The molecule has 2 aromatic rings. The van der Waals surface area contributed by atoms with Gasteiger partial charge in [0, 0.05) is 25.7 Å². The van der Waals surface area contributed by atoms with Gasteiger partial charge in [0.25, 0.3) is 0 Å². The number of carbonyl (C=O) groups excluding carboxylic acids is 1. The molecule has 1 aromatic heterocycles. The fraction of sp³-hybridized carbons (Fsp3) is 0.455. The lowest BCUT2D eigenvalue weighted by molar-refractivity contribution is 0.0996. The van der Waals surface area contributed by atoms with E-state index < -0.39 is 0 Å². The average Bonchev–Trinajstić information content (AvgIpc) is 2.65. The van der Waals surface area contributed by atoms with Crippen molar-refractivity contribution in [3.63, 3.8) is 0 Å². The van der Waals surface area contributed by atoms with Crippen LogP contribution in [0.25, 0.3) is 0 Å². The molecule has 0 aliphatic heterocycles. The number of rotatable bonds is 10. The number of aromatic nitrogens is 1. The maximum absolute atomic E-state index is 12.4. The molecule has 0 fully saturated rings. The zero-order valence-electron chi connectivity index (χ0n) is 16.4. The molecule has 1 atom stereocenters. The Morgan fingerprint density at radius 1 is 1.19 bits per heavy atom. The van der Waals surface area contributed by atoms with Crippen molar-refractivity contribution < 1.29 is 14.6 Å². The maximum atomic E-state index is 12.4. The fourth-order valence-electron chi connectivity index (χ4n) is 3.15. The van der Waals surface area contributed by atoms with Crippen LogP contribution in [0.1, 0.15) is 62.5 Å². The second-order valence-electron chi connectivity index (χ2n) is 6.94. The Bertz CT molecular complexity index is 808. The van der Waals surface area contributed by atoms with Crippen LogP contribution in [0, 0.1) is 5.92 Å². The highest BCUT2D eigenvalue weighted by molar-refractivity contribution is 5.95. The van der Waals surface area contributed by atoms with Gasteiger partial charge in [0.05, 0.1) is 0 Å². The normalized spacial score (nSPS) is 12.0. The van der Waals surface area contributed by atoms with E-state index in [9.17, 15) is 14.7 Å². The summed E-state index contributed by atoms with van der Waals surface area (Å²) in [5.41, 5.74) is 0.847. The second-order valence-corrected chi connectivity index (χ2v) is 6.94. The van der Waals surface area contributed by atoms with Gasteiger partial charge in [-0.25, -0.2) is 0 Å². The van der Waals surface area contributed by atoms with Crippen LogP contribution < -0.4 is 10.2 Å². The van der Waals surface area contributed by atoms with Gasteiger partial charge >= 0.3 is 0 Å². The van der Waals surface area contributed by atoms with E-state index in [-0.39, 0.29) is 29.3 Å². The molecule has 0 aliphatic carbocycles. The lowest BCUT2D eigenvalue weighted by Gasteiger charge is -2.21. The van der Waals surface area contributed by atoms with Crippen LogP contribution in [0.2, 0.25) is 0 Å². The smallest absolute Gasteiger partial charge is 0.224 e. The number of phenols is 1. The Hall–Kier alpha value is -2.56. The van der Waals surface area contributed by atoms with Gasteiger partial charge in [-0.15, -0.1) is 0 Å². The van der Waals surface area contributed by atoms with Crippen molar-refractivity contribution in [2.24, 2.45) is 5.92 Å². The summed E-state index contributed by atoms with van der Waals surface area (Å²) in [5.74, 6) is 0.542. The molecule has 1 unspecified atom stereocenters. The van der Waals surface area contributed by atoms with Crippen LogP contribution >= 0.6 is 0 Å². The van der Waals surface area contributed by atoms with Crippen molar-refractivity contribution in [3.05, 3.63) is 58.0 Å². The van der Waals surface area contributed by atoms with Crippen molar-refractivity contribution in [1.82, 2.24) is 4.57 Å². The Labute approximate surface area is 160 Å². The number of Topliss-reactive ketones (excluding diaryl/α,β-unsaturated/α-hetero) is 1. The molecular formula is C22H29NO4. The molecule has 0 bridgehead atoms. The Balaban J connectivity index is 2.28. The summed E-state index contributed by atoms with van der Waals surface area (Å²) < 4.78 is 7.62.